The van der Waals surface area contributed by atoms with Gasteiger partial charge in [0.15, 0.2) is 0 Å². The molecule has 0 atom stereocenters. The van der Waals surface area contributed by atoms with Crippen LogP contribution in [-0.2, 0) is 4.79 Å². The molecule has 1 aromatic rings. The summed E-state index contributed by atoms with van der Waals surface area (Å²) in [6.45, 7) is 0.256. The number of anilines is 2. The molecule has 82 valence electrons. The van der Waals surface area contributed by atoms with Gasteiger partial charge in [0.25, 0.3) is 0 Å². The molecule has 0 aliphatic rings. The molecule has 6 heteroatoms. The maximum atomic E-state index is 11.2. The average Bonchev–Trinajstić information content (AvgIpc) is 2.17. The van der Waals surface area contributed by atoms with Crippen molar-refractivity contribution in [2.24, 2.45) is 0 Å². The number of pyridine rings is 1. The molecule has 1 aromatic heterocycles. The van der Waals surface area contributed by atoms with Crippen LogP contribution in [0.3, 0.4) is 0 Å². The molecule has 1 amide bonds. The van der Waals surface area contributed by atoms with Crippen LogP contribution in [0, 0.1) is 0 Å². The zero-order valence-electron chi connectivity index (χ0n) is 8.62. The van der Waals surface area contributed by atoms with Gasteiger partial charge in [-0.3, -0.25) is 4.79 Å². The van der Waals surface area contributed by atoms with Crippen molar-refractivity contribution in [2.75, 3.05) is 31.3 Å². The molecule has 0 saturated carbocycles. The monoisotopic (exact) mass is 272 g/mol. The molecule has 0 saturated heterocycles. The smallest absolute Gasteiger partial charge is 0.239 e. The molecule has 0 aliphatic carbocycles. The Morgan fingerprint density at radius 1 is 1.73 bits per heavy atom. The number of nitrogens with two attached hydrogens (primary N) is 1. The van der Waals surface area contributed by atoms with Gasteiger partial charge in [-0.25, -0.2) is 4.98 Å². The first-order chi connectivity index (χ1) is 7.04. The third kappa shape index (κ3) is 3.09. The minimum Gasteiger partial charge on any atom is -0.397 e. The summed E-state index contributed by atoms with van der Waals surface area (Å²) < 4.78 is 0.772. The summed E-state index contributed by atoms with van der Waals surface area (Å²) in [4.78, 5) is 17.0. The fourth-order valence-corrected chi connectivity index (χ4v) is 1.77. The van der Waals surface area contributed by atoms with E-state index in [4.69, 9.17) is 5.73 Å². The topological polar surface area (TPSA) is 71.2 Å². The summed E-state index contributed by atoms with van der Waals surface area (Å²) in [7, 11) is 3.39. The molecule has 0 aromatic carbocycles. The second-order valence-corrected chi connectivity index (χ2v) is 3.96. The number of aromatic nitrogens is 1. The fourth-order valence-electron chi connectivity index (χ4n) is 1.10. The predicted molar refractivity (Wildman–Crippen MR) is 63.7 cm³/mol. The Morgan fingerprint density at radius 2 is 2.40 bits per heavy atom. The lowest BCUT2D eigenvalue weighted by atomic mass is 10.4. The first-order valence-corrected chi connectivity index (χ1v) is 5.16. The van der Waals surface area contributed by atoms with Crippen molar-refractivity contribution in [1.82, 2.24) is 10.3 Å². The number of nitrogens with zero attached hydrogens (tertiary/aromatic N) is 2. The number of likely N-dealkylation sites (N-methyl/N-ethyl adjacent to an activating group) is 2. The van der Waals surface area contributed by atoms with Crippen molar-refractivity contribution in [3.8, 4) is 0 Å². The molecule has 0 spiro atoms. The number of rotatable bonds is 3. The number of carbonyl (C=O) groups excluding carboxylic acids is 1. The van der Waals surface area contributed by atoms with Gasteiger partial charge in [-0.15, -0.1) is 0 Å². The fraction of sp³-hybridized carbons (Fsp3) is 0.333. The molecular formula is C9H13BrN4O. The molecule has 0 radical (unpaired) electrons. The Hall–Kier alpha value is -1.30. The number of carbonyl (C=O) groups is 1. The number of nitrogens with one attached hydrogen (secondary N) is 1. The van der Waals surface area contributed by atoms with Gasteiger partial charge in [-0.2, -0.15) is 0 Å². The highest BCUT2D eigenvalue weighted by atomic mass is 79.9. The molecule has 1 heterocycles. The van der Waals surface area contributed by atoms with Crippen molar-refractivity contribution in [1.29, 1.82) is 0 Å². The average molecular weight is 273 g/mol. The Bertz CT molecular complexity index is 369. The number of hydrogen-bond acceptors (Lipinski definition) is 4. The normalized spacial score (nSPS) is 9.80. The first-order valence-electron chi connectivity index (χ1n) is 4.37. The SMILES string of the molecule is CNC(=O)CN(C)c1ncc(N)cc1Br. The molecular weight excluding hydrogens is 260 g/mol. The van der Waals surface area contributed by atoms with Crippen LogP contribution in [0.4, 0.5) is 11.5 Å². The summed E-state index contributed by atoms with van der Waals surface area (Å²) >= 11 is 3.34. The lowest BCUT2D eigenvalue weighted by Gasteiger charge is -2.18. The largest absolute Gasteiger partial charge is 0.397 e. The summed E-state index contributed by atoms with van der Waals surface area (Å²) in [5, 5.41) is 2.55. The van der Waals surface area contributed by atoms with Crippen LogP contribution in [0.1, 0.15) is 0 Å². The van der Waals surface area contributed by atoms with Crippen LogP contribution in [0.2, 0.25) is 0 Å². The summed E-state index contributed by atoms with van der Waals surface area (Å²) in [6.07, 6.45) is 1.56. The van der Waals surface area contributed by atoms with Crippen LogP contribution in [0.5, 0.6) is 0 Å². The van der Waals surface area contributed by atoms with Crippen LogP contribution in [0.25, 0.3) is 0 Å². The van der Waals surface area contributed by atoms with Gasteiger partial charge in [0.2, 0.25) is 5.91 Å². The van der Waals surface area contributed by atoms with E-state index in [0.717, 1.165) is 4.47 Å². The molecule has 0 fully saturated rings. The highest BCUT2D eigenvalue weighted by Gasteiger charge is 2.10. The van der Waals surface area contributed by atoms with E-state index in [2.05, 4.69) is 26.2 Å². The van der Waals surface area contributed by atoms with Crippen molar-refractivity contribution < 1.29 is 4.79 Å². The number of amides is 1. The molecule has 0 aliphatic heterocycles. The van der Waals surface area contributed by atoms with Crippen molar-refractivity contribution in [2.45, 2.75) is 0 Å². The summed E-state index contributed by atoms with van der Waals surface area (Å²) in [5.41, 5.74) is 6.15. The third-order valence-electron chi connectivity index (χ3n) is 1.86. The molecule has 1 rings (SSSR count). The van der Waals surface area contributed by atoms with Crippen molar-refractivity contribution in [3.63, 3.8) is 0 Å². The molecule has 15 heavy (non-hydrogen) atoms. The van der Waals surface area contributed by atoms with Gasteiger partial charge in [-0.05, 0) is 22.0 Å². The van der Waals surface area contributed by atoms with E-state index in [0.29, 0.717) is 11.5 Å². The Morgan fingerprint density at radius 3 is 2.93 bits per heavy atom. The van der Waals surface area contributed by atoms with Gasteiger partial charge >= 0.3 is 0 Å². The number of hydrogen-bond donors (Lipinski definition) is 2. The number of nitrogen functional groups attached to an aromatic ring is 1. The van der Waals surface area contributed by atoms with Gasteiger partial charge in [0.05, 0.1) is 22.9 Å². The van der Waals surface area contributed by atoms with Crippen LogP contribution < -0.4 is 16.0 Å². The molecule has 3 N–H and O–H groups in total. The van der Waals surface area contributed by atoms with E-state index in [1.54, 1.807) is 31.3 Å². The lowest BCUT2D eigenvalue weighted by molar-refractivity contribution is -0.119. The minimum absolute atomic E-state index is 0.0666. The van der Waals surface area contributed by atoms with E-state index >= 15 is 0 Å². The highest BCUT2D eigenvalue weighted by molar-refractivity contribution is 9.10. The zero-order chi connectivity index (χ0) is 11.4. The summed E-state index contributed by atoms with van der Waals surface area (Å²) in [5.74, 6) is 0.621. The maximum absolute atomic E-state index is 11.2. The van der Waals surface area contributed by atoms with E-state index in [1.807, 2.05) is 0 Å². The Labute approximate surface area is 96.8 Å². The van der Waals surface area contributed by atoms with Crippen LogP contribution in [0.15, 0.2) is 16.7 Å². The van der Waals surface area contributed by atoms with Gasteiger partial charge in [0.1, 0.15) is 5.82 Å². The molecule has 0 bridgehead atoms. The third-order valence-corrected chi connectivity index (χ3v) is 2.45. The van der Waals surface area contributed by atoms with Crippen LogP contribution >= 0.6 is 15.9 Å². The van der Waals surface area contributed by atoms with Crippen LogP contribution in [-0.4, -0.2) is 31.5 Å². The molecule has 0 unspecified atom stereocenters. The van der Waals surface area contributed by atoms with E-state index in [1.165, 1.54) is 0 Å². The summed E-state index contributed by atoms with van der Waals surface area (Å²) in [6, 6.07) is 1.75. The van der Waals surface area contributed by atoms with Gasteiger partial charge in [0, 0.05) is 14.1 Å². The van der Waals surface area contributed by atoms with E-state index in [-0.39, 0.29) is 12.5 Å². The number of halogens is 1. The van der Waals surface area contributed by atoms with Crippen molar-refractivity contribution in [3.05, 3.63) is 16.7 Å². The minimum atomic E-state index is -0.0666. The first kappa shape index (κ1) is 11.8. The van der Waals surface area contributed by atoms with Gasteiger partial charge < -0.3 is 16.0 Å². The van der Waals surface area contributed by atoms with E-state index < -0.39 is 0 Å². The highest BCUT2D eigenvalue weighted by Crippen LogP contribution is 2.24. The quantitative estimate of drug-likeness (QED) is 0.846. The second-order valence-electron chi connectivity index (χ2n) is 3.10. The second kappa shape index (κ2) is 4.97. The maximum Gasteiger partial charge on any atom is 0.239 e. The Kier molecular flexibility index (Phi) is 3.90. The zero-order valence-corrected chi connectivity index (χ0v) is 10.2. The van der Waals surface area contributed by atoms with E-state index in [9.17, 15) is 4.79 Å². The molecule has 5 nitrogen and oxygen atoms in total. The predicted octanol–water partition coefficient (Wildman–Crippen LogP) is 0.608. The van der Waals surface area contributed by atoms with Crippen molar-refractivity contribution >= 4 is 33.3 Å². The lowest BCUT2D eigenvalue weighted by Crippen LogP contribution is -2.33. The Balaban J connectivity index is 2.82. The van der Waals surface area contributed by atoms with Gasteiger partial charge in [-0.1, -0.05) is 0 Å². The standard InChI is InChI=1S/C9H13BrN4O/c1-12-8(15)5-14(2)9-7(10)3-6(11)4-13-9/h3-4H,5,11H2,1-2H3,(H,12,15).